The lowest BCUT2D eigenvalue weighted by molar-refractivity contribution is -0.129. The molecular formula is C16H31N3O3. The zero-order chi connectivity index (χ0) is 16.4. The van der Waals surface area contributed by atoms with Crippen LogP contribution >= 0.6 is 0 Å². The summed E-state index contributed by atoms with van der Waals surface area (Å²) in [6.07, 6.45) is 5.05. The molecule has 1 saturated heterocycles. The Labute approximate surface area is 133 Å². The SMILES string of the molecule is CN(C)CCCN1CC(C(=O)NCCCCCCO)CC1=O. The van der Waals surface area contributed by atoms with Crippen molar-refractivity contribution in [2.75, 3.05) is 46.9 Å². The molecule has 1 rings (SSSR count). The van der Waals surface area contributed by atoms with Crippen LogP contribution in [0.4, 0.5) is 0 Å². The Balaban J connectivity index is 2.17. The van der Waals surface area contributed by atoms with E-state index >= 15 is 0 Å². The molecule has 1 fully saturated rings. The first-order valence-electron chi connectivity index (χ1n) is 8.35. The van der Waals surface area contributed by atoms with Crippen molar-refractivity contribution in [1.82, 2.24) is 15.1 Å². The number of hydrogen-bond donors (Lipinski definition) is 2. The second-order valence-electron chi connectivity index (χ2n) is 6.33. The number of unbranched alkanes of at least 4 members (excludes halogenated alkanes) is 3. The molecule has 6 nitrogen and oxygen atoms in total. The summed E-state index contributed by atoms with van der Waals surface area (Å²) >= 11 is 0. The van der Waals surface area contributed by atoms with Gasteiger partial charge in [0.25, 0.3) is 0 Å². The molecule has 1 unspecified atom stereocenters. The fourth-order valence-corrected chi connectivity index (χ4v) is 2.69. The van der Waals surface area contributed by atoms with E-state index in [-0.39, 0.29) is 24.3 Å². The third-order valence-corrected chi connectivity index (χ3v) is 4.00. The number of hydrogen-bond acceptors (Lipinski definition) is 4. The van der Waals surface area contributed by atoms with Crippen molar-refractivity contribution in [3.05, 3.63) is 0 Å². The number of carbonyl (C=O) groups excluding carboxylic acids is 2. The number of nitrogens with one attached hydrogen (secondary N) is 1. The van der Waals surface area contributed by atoms with Gasteiger partial charge in [-0.15, -0.1) is 0 Å². The average molecular weight is 313 g/mol. The lowest BCUT2D eigenvalue weighted by Gasteiger charge is -2.18. The van der Waals surface area contributed by atoms with E-state index in [1.807, 2.05) is 19.0 Å². The van der Waals surface area contributed by atoms with E-state index in [0.717, 1.165) is 45.2 Å². The molecule has 2 amide bonds. The zero-order valence-corrected chi connectivity index (χ0v) is 14.0. The molecular weight excluding hydrogens is 282 g/mol. The van der Waals surface area contributed by atoms with Crippen LogP contribution in [-0.4, -0.2) is 73.6 Å². The summed E-state index contributed by atoms with van der Waals surface area (Å²) in [5, 5.41) is 11.6. The van der Waals surface area contributed by atoms with E-state index in [1.165, 1.54) is 0 Å². The maximum absolute atomic E-state index is 12.1. The largest absolute Gasteiger partial charge is 0.396 e. The number of aliphatic hydroxyl groups excluding tert-OH is 1. The average Bonchev–Trinajstić information content (AvgIpc) is 2.83. The summed E-state index contributed by atoms with van der Waals surface area (Å²) in [6.45, 7) is 3.15. The Morgan fingerprint density at radius 2 is 2.00 bits per heavy atom. The monoisotopic (exact) mass is 313 g/mol. The molecule has 0 aromatic heterocycles. The van der Waals surface area contributed by atoms with Gasteiger partial charge >= 0.3 is 0 Å². The maximum Gasteiger partial charge on any atom is 0.225 e. The number of nitrogens with zero attached hydrogens (tertiary/aromatic N) is 2. The van der Waals surface area contributed by atoms with Crippen molar-refractivity contribution in [2.45, 2.75) is 38.5 Å². The van der Waals surface area contributed by atoms with Crippen molar-refractivity contribution in [2.24, 2.45) is 5.92 Å². The molecule has 0 saturated carbocycles. The molecule has 1 atom stereocenters. The number of amides is 2. The van der Waals surface area contributed by atoms with Crippen molar-refractivity contribution < 1.29 is 14.7 Å². The van der Waals surface area contributed by atoms with Gasteiger partial charge in [-0.2, -0.15) is 0 Å². The highest BCUT2D eigenvalue weighted by Gasteiger charge is 2.33. The zero-order valence-electron chi connectivity index (χ0n) is 14.0. The quantitative estimate of drug-likeness (QED) is 0.544. The Morgan fingerprint density at radius 3 is 2.68 bits per heavy atom. The van der Waals surface area contributed by atoms with Crippen molar-refractivity contribution >= 4 is 11.8 Å². The topological polar surface area (TPSA) is 72.9 Å². The number of carbonyl (C=O) groups is 2. The van der Waals surface area contributed by atoms with Crippen molar-refractivity contribution in [3.63, 3.8) is 0 Å². The van der Waals surface area contributed by atoms with E-state index in [1.54, 1.807) is 0 Å². The lowest BCUT2D eigenvalue weighted by atomic mass is 10.1. The van der Waals surface area contributed by atoms with E-state index in [4.69, 9.17) is 5.11 Å². The van der Waals surface area contributed by atoms with Crippen molar-refractivity contribution in [3.8, 4) is 0 Å². The Bertz CT molecular complexity index is 348. The molecule has 0 aromatic rings. The molecule has 1 aliphatic heterocycles. The highest BCUT2D eigenvalue weighted by molar-refractivity contribution is 5.89. The van der Waals surface area contributed by atoms with Gasteiger partial charge in [-0.25, -0.2) is 0 Å². The fourth-order valence-electron chi connectivity index (χ4n) is 2.69. The summed E-state index contributed by atoms with van der Waals surface area (Å²) < 4.78 is 0. The predicted molar refractivity (Wildman–Crippen MR) is 86.4 cm³/mol. The Morgan fingerprint density at radius 1 is 1.27 bits per heavy atom. The summed E-state index contributed by atoms with van der Waals surface area (Å²) in [6, 6.07) is 0. The van der Waals surface area contributed by atoms with Gasteiger partial charge in [0, 0.05) is 32.7 Å². The van der Waals surface area contributed by atoms with Crippen LogP contribution in [0.5, 0.6) is 0 Å². The van der Waals surface area contributed by atoms with Crippen LogP contribution in [0.25, 0.3) is 0 Å². The second kappa shape index (κ2) is 10.6. The molecule has 22 heavy (non-hydrogen) atoms. The molecule has 0 bridgehead atoms. The summed E-state index contributed by atoms with van der Waals surface area (Å²) in [7, 11) is 4.03. The molecule has 1 heterocycles. The first-order valence-corrected chi connectivity index (χ1v) is 8.35. The van der Waals surface area contributed by atoms with Gasteiger partial charge in [0.2, 0.25) is 11.8 Å². The summed E-state index contributed by atoms with van der Waals surface area (Å²) in [4.78, 5) is 27.9. The van der Waals surface area contributed by atoms with E-state index in [9.17, 15) is 9.59 Å². The van der Waals surface area contributed by atoms with Crippen LogP contribution in [0.1, 0.15) is 38.5 Å². The van der Waals surface area contributed by atoms with Gasteiger partial charge in [0.05, 0.1) is 5.92 Å². The third-order valence-electron chi connectivity index (χ3n) is 4.00. The molecule has 0 aliphatic carbocycles. The number of likely N-dealkylation sites (tertiary alicyclic amines) is 1. The van der Waals surface area contributed by atoms with Gasteiger partial charge in [-0.1, -0.05) is 12.8 Å². The molecule has 128 valence electrons. The van der Waals surface area contributed by atoms with Crippen molar-refractivity contribution in [1.29, 1.82) is 0 Å². The van der Waals surface area contributed by atoms with Crippen LogP contribution in [0, 0.1) is 5.92 Å². The van der Waals surface area contributed by atoms with Crippen LogP contribution in [-0.2, 0) is 9.59 Å². The van der Waals surface area contributed by atoms with Gasteiger partial charge in [-0.3, -0.25) is 9.59 Å². The lowest BCUT2D eigenvalue weighted by Crippen LogP contribution is -2.34. The van der Waals surface area contributed by atoms with Gasteiger partial charge in [0.1, 0.15) is 0 Å². The van der Waals surface area contributed by atoms with E-state index in [0.29, 0.717) is 19.5 Å². The first-order chi connectivity index (χ1) is 10.5. The normalized spacial score (nSPS) is 18.3. The first kappa shape index (κ1) is 18.9. The minimum Gasteiger partial charge on any atom is -0.396 e. The number of rotatable bonds is 11. The van der Waals surface area contributed by atoms with Gasteiger partial charge in [0.15, 0.2) is 0 Å². The highest BCUT2D eigenvalue weighted by Crippen LogP contribution is 2.18. The van der Waals surface area contributed by atoms with Crippen LogP contribution < -0.4 is 5.32 Å². The second-order valence-corrected chi connectivity index (χ2v) is 6.33. The molecule has 6 heteroatoms. The Kier molecular flexibility index (Phi) is 9.08. The van der Waals surface area contributed by atoms with Crippen LogP contribution in [0.15, 0.2) is 0 Å². The fraction of sp³-hybridized carbons (Fsp3) is 0.875. The van der Waals surface area contributed by atoms with E-state index < -0.39 is 0 Å². The van der Waals surface area contributed by atoms with Gasteiger partial charge < -0.3 is 20.2 Å². The minimum atomic E-state index is -0.190. The van der Waals surface area contributed by atoms with Gasteiger partial charge in [-0.05, 0) is 39.9 Å². The molecule has 0 spiro atoms. The summed E-state index contributed by atoms with van der Waals surface area (Å²) in [5.41, 5.74) is 0. The van der Waals surface area contributed by atoms with Crippen LogP contribution in [0.2, 0.25) is 0 Å². The standard InChI is InChI=1S/C16H31N3O3/c1-18(2)9-7-10-19-13-14(12-15(19)21)16(22)17-8-5-3-4-6-11-20/h14,20H,3-13H2,1-2H3,(H,17,22). The number of aliphatic hydroxyl groups is 1. The maximum atomic E-state index is 12.1. The molecule has 0 radical (unpaired) electrons. The molecule has 1 aliphatic rings. The third kappa shape index (κ3) is 7.22. The Hall–Kier alpha value is -1.14. The smallest absolute Gasteiger partial charge is 0.225 e. The van der Waals surface area contributed by atoms with Crippen LogP contribution in [0.3, 0.4) is 0 Å². The molecule has 0 aromatic carbocycles. The molecule has 2 N–H and O–H groups in total. The van der Waals surface area contributed by atoms with E-state index in [2.05, 4.69) is 10.2 Å². The highest BCUT2D eigenvalue weighted by atomic mass is 16.3. The predicted octanol–water partition coefficient (Wildman–Crippen LogP) is 0.456. The summed E-state index contributed by atoms with van der Waals surface area (Å²) in [5.74, 6) is -0.0863. The minimum absolute atomic E-state index is 0.00520.